The quantitative estimate of drug-likeness (QED) is 0.520. The van der Waals surface area contributed by atoms with Crippen LogP contribution in [0.1, 0.15) is 5.56 Å². The number of aromatic nitrogens is 2. The first kappa shape index (κ1) is 13.7. The first-order valence-corrected chi connectivity index (χ1v) is 7.04. The van der Waals surface area contributed by atoms with Crippen LogP contribution in [-0.4, -0.2) is 9.97 Å². The van der Waals surface area contributed by atoms with Crippen molar-refractivity contribution in [1.29, 1.82) is 0 Å². The third-order valence-electron chi connectivity index (χ3n) is 2.08. The molecule has 2 rings (SSSR count). The number of anilines is 1. The summed E-state index contributed by atoms with van der Waals surface area (Å²) in [4.78, 5) is 8.13. The zero-order valence-corrected chi connectivity index (χ0v) is 12.1. The van der Waals surface area contributed by atoms with Crippen LogP contribution in [-0.2, 0) is 5.75 Å². The van der Waals surface area contributed by atoms with Crippen molar-refractivity contribution in [3.05, 3.63) is 45.0 Å². The highest BCUT2D eigenvalue weighted by Gasteiger charge is 2.07. The van der Waals surface area contributed by atoms with Crippen molar-refractivity contribution in [2.45, 2.75) is 10.9 Å². The van der Waals surface area contributed by atoms with Crippen molar-refractivity contribution in [3.63, 3.8) is 0 Å². The molecule has 2 N–H and O–H groups in total. The molecule has 0 aliphatic rings. The average Bonchev–Trinajstić information content (AvgIpc) is 2.30. The van der Waals surface area contributed by atoms with Gasteiger partial charge < -0.3 is 5.73 Å². The van der Waals surface area contributed by atoms with E-state index >= 15 is 0 Å². The molecule has 0 radical (unpaired) electrons. The number of hydrogen-bond acceptors (Lipinski definition) is 4. The van der Waals surface area contributed by atoms with Gasteiger partial charge in [0, 0.05) is 11.8 Å². The summed E-state index contributed by atoms with van der Waals surface area (Å²) in [5.74, 6) is 0.939. The van der Waals surface area contributed by atoms with E-state index in [9.17, 15) is 0 Å². The fourth-order valence-corrected chi connectivity index (χ4v) is 2.85. The minimum absolute atomic E-state index is 0.321. The van der Waals surface area contributed by atoms with E-state index in [-0.39, 0.29) is 0 Å². The Morgan fingerprint density at radius 3 is 2.67 bits per heavy atom. The van der Waals surface area contributed by atoms with E-state index in [4.69, 9.17) is 40.5 Å². The summed E-state index contributed by atoms with van der Waals surface area (Å²) >= 11 is 19.2. The van der Waals surface area contributed by atoms with Gasteiger partial charge in [0.25, 0.3) is 0 Å². The van der Waals surface area contributed by atoms with Crippen LogP contribution in [0.5, 0.6) is 0 Å². The van der Waals surface area contributed by atoms with Crippen LogP contribution in [0.25, 0.3) is 0 Å². The maximum Gasteiger partial charge on any atom is 0.191 e. The van der Waals surface area contributed by atoms with Gasteiger partial charge in [-0.3, -0.25) is 0 Å². The highest BCUT2D eigenvalue weighted by Crippen LogP contribution is 2.30. The average molecular weight is 321 g/mol. The Morgan fingerprint density at radius 2 is 1.94 bits per heavy atom. The Labute approximate surface area is 124 Å². The lowest BCUT2D eigenvalue weighted by molar-refractivity contribution is 0.976. The van der Waals surface area contributed by atoms with Crippen molar-refractivity contribution < 1.29 is 0 Å². The van der Waals surface area contributed by atoms with E-state index < -0.39 is 0 Å². The number of nitrogen functional groups attached to an aromatic ring is 1. The smallest absolute Gasteiger partial charge is 0.191 e. The van der Waals surface area contributed by atoms with E-state index in [1.165, 1.54) is 17.8 Å². The van der Waals surface area contributed by atoms with Gasteiger partial charge in [0.1, 0.15) is 11.0 Å². The molecule has 1 heterocycles. The molecule has 2 aromatic rings. The molecular formula is C11H8Cl3N3S. The Bertz CT molecular complexity index is 557. The van der Waals surface area contributed by atoms with Crippen LogP contribution in [0, 0.1) is 0 Å². The van der Waals surface area contributed by atoms with Crippen LogP contribution in [0.4, 0.5) is 5.82 Å². The highest BCUT2D eigenvalue weighted by molar-refractivity contribution is 7.98. The van der Waals surface area contributed by atoms with Gasteiger partial charge in [0.2, 0.25) is 0 Å². The van der Waals surface area contributed by atoms with Crippen molar-refractivity contribution in [1.82, 2.24) is 9.97 Å². The molecule has 0 saturated heterocycles. The lowest BCUT2D eigenvalue weighted by Gasteiger charge is -2.05. The number of hydrogen-bond donors (Lipinski definition) is 1. The monoisotopic (exact) mass is 319 g/mol. The molecule has 0 spiro atoms. The second-order valence-corrected chi connectivity index (χ2v) is 5.51. The van der Waals surface area contributed by atoms with Crippen molar-refractivity contribution >= 4 is 52.4 Å². The summed E-state index contributed by atoms with van der Waals surface area (Å²) in [6, 6.07) is 6.98. The summed E-state index contributed by atoms with van der Waals surface area (Å²) in [5, 5.41) is 1.90. The highest BCUT2D eigenvalue weighted by atomic mass is 35.5. The van der Waals surface area contributed by atoms with Gasteiger partial charge in [0.15, 0.2) is 5.16 Å². The molecule has 0 unspecified atom stereocenters. The topological polar surface area (TPSA) is 51.8 Å². The zero-order valence-electron chi connectivity index (χ0n) is 9.03. The normalized spacial score (nSPS) is 10.6. The van der Waals surface area contributed by atoms with E-state index in [1.54, 1.807) is 6.07 Å². The van der Waals surface area contributed by atoms with Crippen LogP contribution >= 0.6 is 46.6 Å². The summed E-state index contributed by atoms with van der Waals surface area (Å²) in [7, 11) is 0. The zero-order chi connectivity index (χ0) is 13.1. The van der Waals surface area contributed by atoms with Gasteiger partial charge in [-0.25, -0.2) is 9.97 Å². The number of benzene rings is 1. The summed E-state index contributed by atoms with van der Waals surface area (Å²) < 4.78 is 0. The number of thioether (sulfide) groups is 1. The Balaban J connectivity index is 2.14. The van der Waals surface area contributed by atoms with E-state index in [1.807, 2.05) is 12.1 Å². The van der Waals surface area contributed by atoms with Crippen molar-refractivity contribution in [2.75, 3.05) is 5.73 Å². The van der Waals surface area contributed by atoms with E-state index in [0.717, 1.165) is 5.56 Å². The van der Waals surface area contributed by atoms with Crippen LogP contribution in [0.15, 0.2) is 29.4 Å². The largest absolute Gasteiger partial charge is 0.384 e. The predicted molar refractivity (Wildman–Crippen MR) is 77.5 cm³/mol. The fourth-order valence-electron chi connectivity index (χ4n) is 1.28. The number of rotatable bonds is 3. The molecule has 0 aliphatic carbocycles. The molecule has 0 saturated carbocycles. The minimum Gasteiger partial charge on any atom is -0.384 e. The van der Waals surface area contributed by atoms with E-state index in [0.29, 0.717) is 31.9 Å². The van der Waals surface area contributed by atoms with Gasteiger partial charge in [-0.2, -0.15) is 0 Å². The molecule has 18 heavy (non-hydrogen) atoms. The molecule has 0 amide bonds. The predicted octanol–water partition coefficient (Wildman–Crippen LogP) is 4.31. The third-order valence-corrected chi connectivity index (χ3v) is 4.03. The van der Waals surface area contributed by atoms with Crippen LogP contribution in [0.2, 0.25) is 15.2 Å². The maximum atomic E-state index is 6.09. The third kappa shape index (κ3) is 3.42. The molecule has 0 bridgehead atoms. The van der Waals surface area contributed by atoms with Crippen LogP contribution < -0.4 is 5.73 Å². The SMILES string of the molecule is Nc1cc(Cl)nc(SCc2cccc(Cl)c2Cl)n1. The molecule has 0 fully saturated rings. The van der Waals surface area contributed by atoms with E-state index in [2.05, 4.69) is 9.97 Å². The molecule has 0 aliphatic heterocycles. The van der Waals surface area contributed by atoms with Gasteiger partial charge in [-0.15, -0.1) is 0 Å². The molecule has 94 valence electrons. The van der Waals surface area contributed by atoms with Crippen molar-refractivity contribution in [3.8, 4) is 0 Å². The molecule has 7 heteroatoms. The van der Waals surface area contributed by atoms with Gasteiger partial charge >= 0.3 is 0 Å². The minimum atomic E-state index is 0.321. The standard InChI is InChI=1S/C11H8Cl3N3S/c12-7-3-1-2-6(10(7)14)5-18-11-16-8(13)4-9(15)17-11/h1-4H,5H2,(H2,15,16,17). The second-order valence-electron chi connectivity index (χ2n) is 3.40. The second kappa shape index (κ2) is 5.97. The first-order valence-electron chi connectivity index (χ1n) is 4.92. The molecule has 0 atom stereocenters. The first-order chi connectivity index (χ1) is 8.56. The fraction of sp³-hybridized carbons (Fsp3) is 0.0909. The molecule has 1 aromatic heterocycles. The Morgan fingerprint density at radius 1 is 1.17 bits per heavy atom. The van der Waals surface area contributed by atoms with Gasteiger partial charge in [-0.05, 0) is 11.6 Å². The lowest BCUT2D eigenvalue weighted by atomic mass is 10.2. The maximum absolute atomic E-state index is 6.09. The number of halogens is 3. The van der Waals surface area contributed by atoms with Crippen molar-refractivity contribution in [2.24, 2.45) is 0 Å². The summed E-state index contributed by atoms with van der Waals surface area (Å²) in [5.41, 5.74) is 6.50. The Hall–Kier alpha value is -0.680. The van der Waals surface area contributed by atoms with Crippen LogP contribution in [0.3, 0.4) is 0 Å². The lowest BCUT2D eigenvalue weighted by Crippen LogP contribution is -1.95. The number of nitrogens with two attached hydrogens (primary N) is 1. The number of nitrogens with zero attached hydrogens (tertiary/aromatic N) is 2. The molecule has 3 nitrogen and oxygen atoms in total. The van der Waals surface area contributed by atoms with Gasteiger partial charge in [0.05, 0.1) is 10.0 Å². The van der Waals surface area contributed by atoms with Gasteiger partial charge in [-0.1, -0.05) is 58.7 Å². The summed E-state index contributed by atoms with van der Waals surface area (Å²) in [6.07, 6.45) is 0. The Kier molecular flexibility index (Phi) is 4.56. The molecule has 1 aromatic carbocycles. The molecular weight excluding hydrogens is 313 g/mol. The summed E-state index contributed by atoms with van der Waals surface area (Å²) in [6.45, 7) is 0.